The second-order valence-corrected chi connectivity index (χ2v) is 5.64. The maximum absolute atomic E-state index is 12.1. The molecule has 10 heteroatoms. The van der Waals surface area contributed by atoms with E-state index in [0.29, 0.717) is 5.75 Å². The summed E-state index contributed by atoms with van der Waals surface area (Å²) >= 11 is 1.40. The van der Waals surface area contributed by atoms with Crippen molar-refractivity contribution in [2.24, 2.45) is 0 Å². The highest BCUT2D eigenvalue weighted by Gasteiger charge is 2.37. The van der Waals surface area contributed by atoms with Crippen molar-refractivity contribution in [3.8, 4) is 0 Å². The lowest BCUT2D eigenvalue weighted by molar-refractivity contribution is -0.141. The molecule has 1 rings (SSSR count). The molecule has 25 heavy (non-hydrogen) atoms. The molecule has 0 bridgehead atoms. The van der Waals surface area contributed by atoms with Crippen molar-refractivity contribution in [2.75, 3.05) is 40.1 Å². The first kappa shape index (κ1) is 20.6. The molecule has 138 valence electrons. The molecule has 0 aromatic carbocycles. The Morgan fingerprint density at radius 3 is 1.96 bits per heavy atom. The fourth-order valence-corrected chi connectivity index (χ4v) is 3.27. The summed E-state index contributed by atoms with van der Waals surface area (Å²) in [6.45, 7) is 0. The molecular weight excluding hydrogens is 354 g/mol. The smallest absolute Gasteiger partial charge is 0.354 e. The molecule has 1 aliphatic heterocycles. The Balaban J connectivity index is 3.32. The molecule has 1 atom stereocenters. The summed E-state index contributed by atoms with van der Waals surface area (Å²) in [6.07, 6.45) is 1.97. The second kappa shape index (κ2) is 9.72. The van der Waals surface area contributed by atoms with Crippen molar-refractivity contribution in [1.29, 1.82) is 0 Å². The minimum absolute atomic E-state index is 0.000908. The zero-order valence-electron chi connectivity index (χ0n) is 14.3. The van der Waals surface area contributed by atoms with Gasteiger partial charge < -0.3 is 23.8 Å². The SMILES string of the molecule is COC(=O)/C=C(/C(=O)OC)N1CSCC1/C(=C\C(=O)OC)C(=O)OC. The summed E-state index contributed by atoms with van der Waals surface area (Å²) in [5, 5.41) is 0. The van der Waals surface area contributed by atoms with Gasteiger partial charge in [0.2, 0.25) is 0 Å². The van der Waals surface area contributed by atoms with Crippen LogP contribution < -0.4 is 0 Å². The molecule has 0 saturated carbocycles. The van der Waals surface area contributed by atoms with E-state index in [9.17, 15) is 19.2 Å². The van der Waals surface area contributed by atoms with Crippen molar-refractivity contribution in [1.82, 2.24) is 4.90 Å². The summed E-state index contributed by atoms with van der Waals surface area (Å²) in [6, 6.07) is -0.688. The third-order valence-corrected chi connectivity index (χ3v) is 4.31. The maximum atomic E-state index is 12.1. The topological polar surface area (TPSA) is 108 Å². The summed E-state index contributed by atoms with van der Waals surface area (Å²) in [5.74, 6) is -2.35. The highest BCUT2D eigenvalue weighted by atomic mass is 32.2. The van der Waals surface area contributed by atoms with Crippen molar-refractivity contribution in [2.45, 2.75) is 6.04 Å². The van der Waals surface area contributed by atoms with Crippen molar-refractivity contribution in [3.05, 3.63) is 23.4 Å². The van der Waals surface area contributed by atoms with Gasteiger partial charge in [0.25, 0.3) is 0 Å². The van der Waals surface area contributed by atoms with Crippen LogP contribution in [-0.4, -0.2) is 74.9 Å². The number of hydrogen-bond donors (Lipinski definition) is 0. The van der Waals surface area contributed by atoms with Crippen LogP contribution >= 0.6 is 11.8 Å². The van der Waals surface area contributed by atoms with Crippen molar-refractivity contribution in [3.63, 3.8) is 0 Å². The van der Waals surface area contributed by atoms with Crippen molar-refractivity contribution >= 4 is 35.6 Å². The van der Waals surface area contributed by atoms with E-state index in [1.807, 2.05) is 0 Å². The van der Waals surface area contributed by atoms with Gasteiger partial charge in [-0.15, -0.1) is 11.8 Å². The van der Waals surface area contributed by atoms with E-state index in [2.05, 4.69) is 9.47 Å². The fraction of sp³-hybridized carbons (Fsp3) is 0.467. The lowest BCUT2D eigenvalue weighted by Gasteiger charge is -2.27. The number of rotatable bonds is 6. The Morgan fingerprint density at radius 1 is 0.880 bits per heavy atom. The monoisotopic (exact) mass is 373 g/mol. The van der Waals surface area contributed by atoms with Gasteiger partial charge in [-0.05, 0) is 0 Å². The normalized spacial score (nSPS) is 17.8. The number of carbonyl (C=O) groups is 4. The quantitative estimate of drug-likeness (QED) is 0.355. The molecule has 1 aliphatic rings. The molecule has 1 saturated heterocycles. The highest BCUT2D eigenvalue weighted by Crippen LogP contribution is 2.30. The lowest BCUT2D eigenvalue weighted by atomic mass is 10.1. The van der Waals surface area contributed by atoms with Crippen LogP contribution in [0.15, 0.2) is 23.4 Å². The maximum Gasteiger partial charge on any atom is 0.354 e. The molecule has 0 aliphatic carbocycles. The average molecular weight is 373 g/mol. The van der Waals surface area contributed by atoms with E-state index in [1.54, 1.807) is 0 Å². The van der Waals surface area contributed by atoms with Gasteiger partial charge in [0, 0.05) is 11.8 Å². The number of hydrogen-bond acceptors (Lipinski definition) is 10. The Hall–Kier alpha value is -2.49. The van der Waals surface area contributed by atoms with E-state index in [0.717, 1.165) is 19.3 Å². The van der Waals surface area contributed by atoms with Gasteiger partial charge in [-0.2, -0.15) is 0 Å². The number of carbonyl (C=O) groups excluding carboxylic acids is 4. The first-order valence-electron chi connectivity index (χ1n) is 6.99. The summed E-state index contributed by atoms with van der Waals surface area (Å²) in [4.78, 5) is 48.8. The van der Waals surface area contributed by atoms with Gasteiger partial charge >= 0.3 is 23.9 Å². The zero-order valence-corrected chi connectivity index (χ0v) is 15.1. The average Bonchev–Trinajstić information content (AvgIpc) is 3.11. The van der Waals surface area contributed by atoms with E-state index in [1.165, 1.54) is 38.0 Å². The Kier molecular flexibility index (Phi) is 7.99. The molecule has 1 heterocycles. The third kappa shape index (κ3) is 5.24. The Bertz CT molecular complexity index is 561. The second-order valence-electron chi connectivity index (χ2n) is 4.64. The molecule has 0 radical (unpaired) electrons. The molecule has 9 nitrogen and oxygen atoms in total. The third-order valence-electron chi connectivity index (χ3n) is 3.30. The van der Waals surface area contributed by atoms with Crippen LogP contribution in [0.4, 0.5) is 0 Å². The molecule has 1 unspecified atom stereocenters. The molecule has 0 spiro atoms. The van der Waals surface area contributed by atoms with Crippen LogP contribution in [0.3, 0.4) is 0 Å². The molecule has 0 N–H and O–H groups in total. The number of esters is 4. The first-order chi connectivity index (χ1) is 11.9. The minimum atomic E-state index is -0.778. The van der Waals surface area contributed by atoms with E-state index >= 15 is 0 Å². The molecule has 0 aromatic rings. The predicted molar refractivity (Wildman–Crippen MR) is 87.2 cm³/mol. The largest absolute Gasteiger partial charge is 0.466 e. The number of thioether (sulfide) groups is 1. The van der Waals surface area contributed by atoms with E-state index in [4.69, 9.17) is 9.47 Å². The molecular formula is C15H19NO8S. The van der Waals surface area contributed by atoms with Gasteiger partial charge in [0.05, 0.1) is 52.0 Å². The van der Waals surface area contributed by atoms with Gasteiger partial charge in [0.15, 0.2) is 0 Å². The number of methoxy groups -OCH3 is 4. The number of nitrogens with zero attached hydrogens (tertiary/aromatic N) is 1. The van der Waals surface area contributed by atoms with Gasteiger partial charge in [-0.1, -0.05) is 0 Å². The summed E-state index contributed by atoms with van der Waals surface area (Å²) in [5.41, 5.74) is -0.0944. The fourth-order valence-electron chi connectivity index (χ4n) is 2.07. The van der Waals surface area contributed by atoms with Crippen LogP contribution in [-0.2, 0) is 38.1 Å². The van der Waals surface area contributed by atoms with Crippen LogP contribution in [0.25, 0.3) is 0 Å². The van der Waals surface area contributed by atoms with Gasteiger partial charge in [-0.3, -0.25) is 0 Å². The van der Waals surface area contributed by atoms with Crippen LogP contribution in [0.1, 0.15) is 0 Å². The standard InChI is InChI=1S/C15H19NO8S/c1-21-12(17)5-9(14(19)23-3)11-7-25-8-16(11)10(15(20)24-4)6-13(18)22-2/h5-6,11H,7-8H2,1-4H3/b9-5+,10-6-. The minimum Gasteiger partial charge on any atom is -0.466 e. The van der Waals surface area contributed by atoms with Gasteiger partial charge in [-0.25, -0.2) is 19.2 Å². The van der Waals surface area contributed by atoms with E-state index < -0.39 is 29.9 Å². The Morgan fingerprint density at radius 2 is 1.44 bits per heavy atom. The first-order valence-corrected chi connectivity index (χ1v) is 8.15. The summed E-state index contributed by atoms with van der Waals surface area (Å²) < 4.78 is 18.5. The number of ether oxygens (including phenoxy) is 4. The zero-order chi connectivity index (χ0) is 19.0. The lowest BCUT2D eigenvalue weighted by Crippen LogP contribution is -2.38. The highest BCUT2D eigenvalue weighted by molar-refractivity contribution is 7.99. The molecule has 0 aromatic heterocycles. The predicted octanol–water partition coefficient (Wildman–Crippen LogP) is -0.136. The van der Waals surface area contributed by atoms with Gasteiger partial charge in [0.1, 0.15) is 5.70 Å². The molecule has 1 fully saturated rings. The summed E-state index contributed by atoms with van der Waals surface area (Å²) in [7, 11) is 4.68. The molecule has 0 amide bonds. The van der Waals surface area contributed by atoms with Crippen molar-refractivity contribution < 1.29 is 38.1 Å². The van der Waals surface area contributed by atoms with Crippen LogP contribution in [0.5, 0.6) is 0 Å². The van der Waals surface area contributed by atoms with Crippen LogP contribution in [0.2, 0.25) is 0 Å². The van der Waals surface area contributed by atoms with E-state index in [-0.39, 0.29) is 17.1 Å². The van der Waals surface area contributed by atoms with Crippen LogP contribution in [0, 0.1) is 0 Å². The Labute approximate surface area is 148 Å².